The number of benzene rings is 2. The second kappa shape index (κ2) is 13.7. The summed E-state index contributed by atoms with van der Waals surface area (Å²) >= 11 is 6.33. The Morgan fingerprint density at radius 1 is 0.969 bits per heavy atom. The molecule has 2 aromatic carbocycles. The van der Waals surface area contributed by atoms with Gasteiger partial charge in [-0.3, -0.25) is 0 Å². The van der Waals surface area contributed by atoms with E-state index in [9.17, 15) is 0 Å². The van der Waals surface area contributed by atoms with Crippen LogP contribution >= 0.6 is 11.6 Å². The molecule has 0 unspecified atom stereocenters. The summed E-state index contributed by atoms with van der Waals surface area (Å²) in [5.41, 5.74) is 3.85. The van der Waals surface area contributed by atoms with E-state index in [-0.39, 0.29) is 0 Å². The van der Waals surface area contributed by atoms with Crippen LogP contribution in [0.5, 0.6) is 17.2 Å². The maximum Gasteiger partial charge on any atom is 0.137 e. The molecule has 0 atom stereocenters. The van der Waals surface area contributed by atoms with Crippen LogP contribution in [0.2, 0.25) is 5.02 Å². The smallest absolute Gasteiger partial charge is 0.137 e. The normalized spacial score (nSPS) is 11.6. The third kappa shape index (κ3) is 8.12. The lowest BCUT2D eigenvalue weighted by Gasteiger charge is -2.14. The number of ether oxygens (including phenoxy) is 3. The average molecular weight is 460 g/mol. The van der Waals surface area contributed by atoms with Crippen LogP contribution in [0.3, 0.4) is 0 Å². The highest BCUT2D eigenvalue weighted by atomic mass is 35.5. The molecule has 174 valence electrons. The Labute approximate surface area is 197 Å². The molecule has 2 aromatic rings. The number of aryl methyl sites for hydroxylation is 2. The Morgan fingerprint density at radius 3 is 2.28 bits per heavy atom. The molecule has 0 spiro atoms. The Bertz CT molecular complexity index is 901. The topological polar surface area (TPSA) is 49.3 Å². The van der Waals surface area contributed by atoms with E-state index in [0.717, 1.165) is 53.2 Å². The Kier molecular flexibility index (Phi) is 10.9. The van der Waals surface area contributed by atoms with E-state index < -0.39 is 0 Å². The molecule has 0 aliphatic rings. The van der Waals surface area contributed by atoms with Gasteiger partial charge < -0.3 is 19.0 Å². The minimum Gasteiger partial charge on any atom is -0.493 e. The van der Waals surface area contributed by atoms with Crippen LogP contribution in [-0.4, -0.2) is 32.6 Å². The number of rotatable bonds is 13. The monoisotopic (exact) mass is 459 g/mol. The van der Waals surface area contributed by atoms with Gasteiger partial charge in [0.25, 0.3) is 0 Å². The summed E-state index contributed by atoms with van der Waals surface area (Å²) in [6.07, 6.45) is 6.87. The van der Waals surface area contributed by atoms with Crippen molar-refractivity contribution < 1.29 is 19.0 Å². The van der Waals surface area contributed by atoms with Crippen LogP contribution in [0.15, 0.2) is 47.6 Å². The molecule has 6 heteroatoms. The second-order valence-electron chi connectivity index (χ2n) is 7.53. The van der Waals surface area contributed by atoms with Crippen molar-refractivity contribution in [1.29, 1.82) is 0 Å². The Balaban J connectivity index is 1.71. The Morgan fingerprint density at radius 2 is 1.66 bits per heavy atom. The maximum atomic E-state index is 6.33. The van der Waals surface area contributed by atoms with Gasteiger partial charge in [-0.05, 0) is 88.4 Å². The standard InChI is InChI=1S/C26H34ClNO4/c1-6-7-13-30-23-16-19(2)26(20(3)17-23)32-15-10-8-9-14-31-25-12-11-22(18-24(25)27)21(4)28-29-5/h6-7,11-12,16-18H,8-10,13-15H2,1-5H3/b7-6+,28-21+. The molecule has 0 aliphatic carbocycles. The van der Waals surface area contributed by atoms with E-state index in [1.54, 1.807) is 0 Å². The quantitative estimate of drug-likeness (QED) is 0.141. The molecule has 0 amide bonds. The van der Waals surface area contributed by atoms with Crippen LogP contribution in [0.1, 0.15) is 49.8 Å². The fourth-order valence-corrected chi connectivity index (χ4v) is 3.47. The number of oxime groups is 1. The summed E-state index contributed by atoms with van der Waals surface area (Å²) in [6, 6.07) is 9.68. The van der Waals surface area contributed by atoms with Gasteiger partial charge in [0, 0.05) is 5.56 Å². The molecule has 2 rings (SSSR count). The van der Waals surface area contributed by atoms with Gasteiger partial charge in [0.05, 0.1) is 23.9 Å². The first-order valence-corrected chi connectivity index (χ1v) is 11.3. The van der Waals surface area contributed by atoms with E-state index in [0.29, 0.717) is 30.6 Å². The van der Waals surface area contributed by atoms with Gasteiger partial charge in [-0.25, -0.2) is 0 Å². The lowest BCUT2D eigenvalue weighted by Crippen LogP contribution is -2.04. The van der Waals surface area contributed by atoms with Crippen molar-refractivity contribution >= 4 is 17.3 Å². The van der Waals surface area contributed by atoms with E-state index in [1.807, 2.05) is 56.3 Å². The molecule has 0 radical (unpaired) electrons. The zero-order valence-electron chi connectivity index (χ0n) is 19.7. The summed E-state index contributed by atoms with van der Waals surface area (Å²) in [6.45, 7) is 9.82. The molecule has 32 heavy (non-hydrogen) atoms. The molecular weight excluding hydrogens is 426 g/mol. The highest BCUT2D eigenvalue weighted by molar-refractivity contribution is 6.32. The van der Waals surface area contributed by atoms with Gasteiger partial charge in [0.1, 0.15) is 31.0 Å². The van der Waals surface area contributed by atoms with E-state index in [1.165, 1.54) is 7.11 Å². The van der Waals surface area contributed by atoms with Crippen molar-refractivity contribution in [1.82, 2.24) is 0 Å². The lowest BCUT2D eigenvalue weighted by molar-refractivity contribution is 0.213. The van der Waals surface area contributed by atoms with Gasteiger partial charge in [0.15, 0.2) is 0 Å². The number of allylic oxidation sites excluding steroid dienone is 1. The summed E-state index contributed by atoms with van der Waals surface area (Å²) in [5, 5.41) is 4.49. The molecule has 0 aliphatic heterocycles. The SMILES string of the molecule is C/C=C/COc1cc(C)c(OCCCCCOc2ccc(/C(C)=N/OC)cc2Cl)c(C)c1. The van der Waals surface area contributed by atoms with E-state index in [2.05, 4.69) is 19.0 Å². The van der Waals surface area contributed by atoms with Crippen molar-refractivity contribution in [2.24, 2.45) is 5.16 Å². The molecule has 0 aromatic heterocycles. The predicted molar refractivity (Wildman–Crippen MR) is 132 cm³/mol. The first-order valence-electron chi connectivity index (χ1n) is 10.9. The fourth-order valence-electron chi connectivity index (χ4n) is 3.23. The first kappa shape index (κ1) is 25.6. The molecule has 0 heterocycles. The van der Waals surface area contributed by atoms with Gasteiger partial charge in [0.2, 0.25) is 0 Å². The average Bonchev–Trinajstić information content (AvgIpc) is 2.76. The molecule has 5 nitrogen and oxygen atoms in total. The largest absolute Gasteiger partial charge is 0.493 e. The number of nitrogens with zero attached hydrogens (tertiary/aromatic N) is 1. The van der Waals surface area contributed by atoms with Crippen LogP contribution < -0.4 is 14.2 Å². The number of unbranched alkanes of at least 4 members (excludes halogenated alkanes) is 2. The van der Waals surface area contributed by atoms with Crippen LogP contribution in [0.4, 0.5) is 0 Å². The molecule has 0 fully saturated rings. The predicted octanol–water partition coefficient (Wildman–Crippen LogP) is 6.91. The zero-order chi connectivity index (χ0) is 23.3. The first-order chi connectivity index (χ1) is 15.5. The van der Waals surface area contributed by atoms with Crippen molar-refractivity contribution in [3.63, 3.8) is 0 Å². The number of hydrogen-bond acceptors (Lipinski definition) is 5. The molecule has 0 bridgehead atoms. The van der Waals surface area contributed by atoms with Crippen molar-refractivity contribution in [3.05, 3.63) is 64.2 Å². The van der Waals surface area contributed by atoms with Gasteiger partial charge in [-0.1, -0.05) is 28.9 Å². The lowest BCUT2D eigenvalue weighted by atomic mass is 10.1. The van der Waals surface area contributed by atoms with E-state index in [4.69, 9.17) is 30.6 Å². The summed E-state index contributed by atoms with van der Waals surface area (Å²) in [5.74, 6) is 2.49. The highest BCUT2D eigenvalue weighted by Crippen LogP contribution is 2.29. The van der Waals surface area contributed by atoms with Crippen molar-refractivity contribution in [2.75, 3.05) is 26.9 Å². The van der Waals surface area contributed by atoms with Gasteiger partial charge in [-0.2, -0.15) is 0 Å². The molecule has 0 saturated carbocycles. The zero-order valence-corrected chi connectivity index (χ0v) is 20.5. The summed E-state index contributed by atoms with van der Waals surface area (Å²) in [4.78, 5) is 4.80. The third-order valence-corrected chi connectivity index (χ3v) is 5.18. The molecule has 0 N–H and O–H groups in total. The number of hydrogen-bond donors (Lipinski definition) is 0. The Hall–Kier alpha value is -2.66. The van der Waals surface area contributed by atoms with E-state index >= 15 is 0 Å². The van der Waals surface area contributed by atoms with Crippen molar-refractivity contribution in [3.8, 4) is 17.2 Å². The van der Waals surface area contributed by atoms with Crippen LogP contribution in [0, 0.1) is 13.8 Å². The fraction of sp³-hybridized carbons (Fsp3) is 0.423. The maximum absolute atomic E-state index is 6.33. The summed E-state index contributed by atoms with van der Waals surface area (Å²) in [7, 11) is 1.52. The second-order valence-corrected chi connectivity index (χ2v) is 7.94. The van der Waals surface area contributed by atoms with Crippen LogP contribution in [-0.2, 0) is 4.84 Å². The van der Waals surface area contributed by atoms with Crippen molar-refractivity contribution in [2.45, 2.75) is 47.0 Å². The van der Waals surface area contributed by atoms with Gasteiger partial charge in [-0.15, -0.1) is 0 Å². The highest BCUT2D eigenvalue weighted by Gasteiger charge is 2.08. The molecular formula is C26H34ClNO4. The van der Waals surface area contributed by atoms with Crippen LogP contribution in [0.25, 0.3) is 0 Å². The summed E-state index contributed by atoms with van der Waals surface area (Å²) < 4.78 is 17.6. The minimum absolute atomic E-state index is 0.570. The van der Waals surface area contributed by atoms with Gasteiger partial charge >= 0.3 is 0 Å². The minimum atomic E-state index is 0.570. The number of halogens is 1. The third-order valence-electron chi connectivity index (χ3n) is 4.89. The molecule has 0 saturated heterocycles.